The molecule has 2 amide bonds. The van der Waals surface area contributed by atoms with Crippen molar-refractivity contribution in [3.63, 3.8) is 0 Å². The highest BCUT2D eigenvalue weighted by Gasteiger charge is 2.17. The number of ether oxygens (including phenoxy) is 2. The Hall–Kier alpha value is -3.26. The third-order valence-corrected chi connectivity index (χ3v) is 4.26. The van der Waals surface area contributed by atoms with E-state index in [9.17, 15) is 9.59 Å². The summed E-state index contributed by atoms with van der Waals surface area (Å²) in [6.45, 7) is 12.3. The van der Waals surface area contributed by atoms with Crippen molar-refractivity contribution in [2.24, 2.45) is 4.99 Å². The number of nitrogens with one attached hydrogen (secondary N) is 2. The number of aliphatic imine (C=N–C) groups is 1. The van der Waals surface area contributed by atoms with E-state index in [4.69, 9.17) is 9.47 Å². The van der Waals surface area contributed by atoms with Crippen LogP contribution in [-0.2, 0) is 14.3 Å². The summed E-state index contributed by atoms with van der Waals surface area (Å²) in [4.78, 5) is 32.6. The fourth-order valence-electron chi connectivity index (χ4n) is 2.35. The molecule has 0 aliphatic heterocycles. The maximum absolute atomic E-state index is 12.4. The van der Waals surface area contributed by atoms with Crippen molar-refractivity contribution in [3.05, 3.63) is 53.9 Å². The molecule has 0 aliphatic rings. The van der Waals surface area contributed by atoms with Crippen molar-refractivity contribution < 1.29 is 19.1 Å². The first-order valence-corrected chi connectivity index (χ1v) is 10.0. The Morgan fingerprint density at radius 2 is 1.90 bits per heavy atom. The number of hydrogen-bond donors (Lipinski definition) is 2. The van der Waals surface area contributed by atoms with Gasteiger partial charge in [-0.3, -0.25) is 14.6 Å². The number of rotatable bonds is 12. The zero-order chi connectivity index (χ0) is 23.2. The molecule has 0 atom stereocenters. The Morgan fingerprint density at radius 1 is 1.16 bits per heavy atom. The highest BCUT2D eigenvalue weighted by atomic mass is 16.5. The summed E-state index contributed by atoms with van der Waals surface area (Å²) < 4.78 is 11.0. The Labute approximate surface area is 184 Å². The summed E-state index contributed by atoms with van der Waals surface area (Å²) in [5.74, 6) is -0.166. The molecule has 0 saturated heterocycles. The number of allylic oxidation sites excluding steroid dienone is 3. The average Bonchev–Trinajstić information content (AvgIpc) is 2.77. The molecule has 31 heavy (non-hydrogen) atoms. The first kappa shape index (κ1) is 25.8. The maximum Gasteiger partial charge on any atom is 0.271 e. The van der Waals surface area contributed by atoms with Gasteiger partial charge in [0.1, 0.15) is 12.3 Å². The molecule has 0 spiro atoms. The molecule has 8 nitrogen and oxygen atoms in total. The van der Waals surface area contributed by atoms with E-state index in [1.165, 1.54) is 7.05 Å². The summed E-state index contributed by atoms with van der Waals surface area (Å²) in [6, 6.07) is 3.69. The van der Waals surface area contributed by atoms with Crippen LogP contribution in [0, 0.1) is 0 Å². The van der Waals surface area contributed by atoms with Crippen molar-refractivity contribution >= 4 is 23.1 Å². The third kappa shape index (κ3) is 8.96. The van der Waals surface area contributed by atoms with Gasteiger partial charge in [0.05, 0.1) is 18.9 Å². The topological polar surface area (TPSA) is 102 Å². The zero-order valence-electron chi connectivity index (χ0n) is 18.9. The second-order valence-electron chi connectivity index (χ2n) is 6.58. The van der Waals surface area contributed by atoms with Crippen LogP contribution < -0.4 is 15.4 Å². The van der Waals surface area contributed by atoms with E-state index in [0.29, 0.717) is 43.5 Å². The maximum atomic E-state index is 12.4. The summed E-state index contributed by atoms with van der Waals surface area (Å²) >= 11 is 0. The van der Waals surface area contributed by atoms with Crippen LogP contribution in [0.5, 0.6) is 5.88 Å². The van der Waals surface area contributed by atoms with E-state index in [-0.39, 0.29) is 11.6 Å². The van der Waals surface area contributed by atoms with Crippen LogP contribution in [0.3, 0.4) is 0 Å². The highest BCUT2D eigenvalue weighted by Crippen LogP contribution is 2.15. The smallest absolute Gasteiger partial charge is 0.271 e. The Balaban J connectivity index is 2.37. The number of carbonyl (C=O) groups excluding carboxylic acids is 2. The van der Waals surface area contributed by atoms with E-state index in [1.807, 2.05) is 19.1 Å². The fourth-order valence-corrected chi connectivity index (χ4v) is 2.35. The lowest BCUT2D eigenvalue weighted by Gasteiger charge is -2.13. The molecular weight excluding hydrogens is 396 g/mol. The molecule has 2 N–H and O–H groups in total. The van der Waals surface area contributed by atoms with Crippen LogP contribution >= 0.6 is 0 Å². The number of pyridine rings is 1. The molecule has 1 heterocycles. The predicted octanol–water partition coefficient (Wildman–Crippen LogP) is 2.68. The van der Waals surface area contributed by atoms with Gasteiger partial charge in [0.2, 0.25) is 5.88 Å². The average molecular weight is 429 g/mol. The predicted molar refractivity (Wildman–Crippen MR) is 123 cm³/mol. The second kappa shape index (κ2) is 13.9. The number of carbonyl (C=O) groups is 2. The lowest BCUT2D eigenvalue weighted by atomic mass is 10.1. The molecule has 168 valence electrons. The Kier molecular flexibility index (Phi) is 11.5. The van der Waals surface area contributed by atoms with Crippen LogP contribution in [0.1, 0.15) is 33.3 Å². The largest absolute Gasteiger partial charge is 0.475 e. The van der Waals surface area contributed by atoms with E-state index in [2.05, 4.69) is 27.2 Å². The minimum atomic E-state index is -0.394. The summed E-state index contributed by atoms with van der Waals surface area (Å²) in [5.41, 5.74) is 2.95. The minimum absolute atomic E-state index is 0.145. The first-order valence-electron chi connectivity index (χ1n) is 10.0. The van der Waals surface area contributed by atoms with Crippen LogP contribution in [0.4, 0.5) is 0 Å². The summed E-state index contributed by atoms with van der Waals surface area (Å²) in [6.07, 6.45) is 5.00. The van der Waals surface area contributed by atoms with Crippen molar-refractivity contribution in [1.29, 1.82) is 0 Å². The molecule has 1 aromatic rings. The fraction of sp³-hybridized carbons (Fsp3) is 0.391. The third-order valence-electron chi connectivity index (χ3n) is 4.26. The van der Waals surface area contributed by atoms with Gasteiger partial charge >= 0.3 is 0 Å². The molecule has 0 unspecified atom stereocenters. The lowest BCUT2D eigenvalue weighted by molar-refractivity contribution is -0.116. The van der Waals surface area contributed by atoms with E-state index in [0.717, 1.165) is 11.1 Å². The quantitative estimate of drug-likeness (QED) is 0.303. The van der Waals surface area contributed by atoms with Crippen molar-refractivity contribution in [1.82, 2.24) is 15.6 Å². The van der Waals surface area contributed by atoms with Gasteiger partial charge in [0, 0.05) is 31.4 Å². The zero-order valence-corrected chi connectivity index (χ0v) is 18.9. The number of hydrogen-bond acceptors (Lipinski definition) is 6. The Morgan fingerprint density at radius 3 is 2.52 bits per heavy atom. The van der Waals surface area contributed by atoms with Crippen LogP contribution in [0.2, 0.25) is 0 Å². The standard InChI is InChI=1S/C23H32N4O4/c1-7-17(5)22(28)27-19(8-2)21(24-6)23(29)26-11-12-30-13-14-31-20-15-18(16(3)4)9-10-25-20/h7-10,15H,3,11-14H2,1-2,4-6H3,(H,26,29)(H,27,28)/b17-7+,19-8+,24-21?. The second-order valence-corrected chi connectivity index (χ2v) is 6.58. The molecule has 0 aromatic carbocycles. The van der Waals surface area contributed by atoms with E-state index < -0.39 is 5.91 Å². The molecule has 8 heteroatoms. The van der Waals surface area contributed by atoms with Crippen LogP contribution in [0.25, 0.3) is 5.57 Å². The molecule has 0 saturated carbocycles. The molecule has 0 radical (unpaired) electrons. The van der Waals surface area contributed by atoms with Gasteiger partial charge in [-0.2, -0.15) is 0 Å². The van der Waals surface area contributed by atoms with Gasteiger partial charge in [0.25, 0.3) is 11.8 Å². The van der Waals surface area contributed by atoms with Gasteiger partial charge in [-0.25, -0.2) is 4.98 Å². The van der Waals surface area contributed by atoms with Gasteiger partial charge in [-0.05, 0) is 39.3 Å². The van der Waals surface area contributed by atoms with Gasteiger partial charge in [-0.1, -0.05) is 24.3 Å². The van der Waals surface area contributed by atoms with Crippen molar-refractivity contribution in [2.45, 2.75) is 27.7 Å². The van der Waals surface area contributed by atoms with Crippen molar-refractivity contribution in [2.75, 3.05) is 33.4 Å². The Bertz CT molecular complexity index is 872. The number of aromatic nitrogens is 1. The normalized spacial score (nSPS) is 12.4. The summed E-state index contributed by atoms with van der Waals surface area (Å²) in [5, 5.41) is 5.43. The van der Waals surface area contributed by atoms with Gasteiger partial charge in [0.15, 0.2) is 0 Å². The highest BCUT2D eigenvalue weighted by molar-refractivity contribution is 6.45. The van der Waals surface area contributed by atoms with Crippen molar-refractivity contribution in [3.8, 4) is 5.88 Å². The SMILES string of the molecule is C=C(C)c1ccnc(OCCOCCNC(=O)C(=NC)/C(=C\C)NC(=O)/C(C)=C/C)c1. The minimum Gasteiger partial charge on any atom is -0.475 e. The van der Waals surface area contributed by atoms with E-state index >= 15 is 0 Å². The van der Waals surface area contributed by atoms with Gasteiger partial charge in [-0.15, -0.1) is 0 Å². The molecule has 0 bridgehead atoms. The number of nitrogens with zero attached hydrogens (tertiary/aromatic N) is 2. The number of amides is 2. The lowest BCUT2D eigenvalue weighted by Crippen LogP contribution is -2.39. The first-order chi connectivity index (χ1) is 14.8. The monoisotopic (exact) mass is 428 g/mol. The molecule has 0 fully saturated rings. The van der Waals surface area contributed by atoms with Crippen LogP contribution in [0.15, 0.2) is 53.3 Å². The van der Waals surface area contributed by atoms with E-state index in [1.54, 1.807) is 39.1 Å². The molecule has 1 aromatic heterocycles. The molecule has 0 aliphatic carbocycles. The van der Waals surface area contributed by atoms with Gasteiger partial charge < -0.3 is 20.1 Å². The molecular formula is C23H32N4O4. The summed E-state index contributed by atoms with van der Waals surface area (Å²) in [7, 11) is 1.50. The van der Waals surface area contributed by atoms with Crippen LogP contribution in [-0.4, -0.2) is 55.9 Å². The molecule has 1 rings (SSSR count).